The van der Waals surface area contributed by atoms with Gasteiger partial charge in [0.25, 0.3) is 0 Å². The second-order valence-corrected chi connectivity index (χ2v) is 10.7. The van der Waals surface area contributed by atoms with Crippen LogP contribution in [-0.4, -0.2) is 47.7 Å². The molecule has 1 amide bonds. The molecule has 2 aromatic rings. The first-order valence-electron chi connectivity index (χ1n) is 8.54. The van der Waals surface area contributed by atoms with Crippen LogP contribution in [0.1, 0.15) is 12.8 Å². The largest absolute Gasteiger partial charge is 0.300 e. The lowest BCUT2D eigenvalue weighted by molar-refractivity contribution is -0.120. The first kappa shape index (κ1) is 21.3. The number of amides is 1. The van der Waals surface area contributed by atoms with Crippen molar-refractivity contribution in [3.8, 4) is 0 Å². The van der Waals surface area contributed by atoms with E-state index >= 15 is 0 Å². The number of benzene rings is 1. The quantitative estimate of drug-likeness (QED) is 0.387. The van der Waals surface area contributed by atoms with E-state index < -0.39 is 15.9 Å². The second-order valence-electron chi connectivity index (χ2n) is 6.12. The maximum atomic E-state index is 12.8. The average Bonchev–Trinajstić information content (AvgIpc) is 3.14. The van der Waals surface area contributed by atoms with Gasteiger partial charge in [-0.25, -0.2) is 8.42 Å². The molecule has 1 saturated heterocycles. The molecule has 1 N–H and O–H groups in total. The van der Waals surface area contributed by atoms with Gasteiger partial charge in [-0.05, 0) is 37.1 Å². The predicted molar refractivity (Wildman–Crippen MR) is 112 cm³/mol. The van der Waals surface area contributed by atoms with Crippen LogP contribution in [-0.2, 0) is 14.8 Å². The van der Waals surface area contributed by atoms with E-state index in [0.29, 0.717) is 35.3 Å². The summed E-state index contributed by atoms with van der Waals surface area (Å²) in [7, 11) is -3.67. The van der Waals surface area contributed by atoms with E-state index in [2.05, 4.69) is 22.1 Å². The highest BCUT2D eigenvalue weighted by Crippen LogP contribution is 2.28. The van der Waals surface area contributed by atoms with Gasteiger partial charge in [-0.15, -0.1) is 16.8 Å². The summed E-state index contributed by atoms with van der Waals surface area (Å²) in [5, 5.41) is 11.6. The van der Waals surface area contributed by atoms with Crippen LogP contribution in [0.3, 0.4) is 0 Å². The van der Waals surface area contributed by atoms with Crippen LogP contribution in [0.4, 0.5) is 5.13 Å². The fraction of sp³-hybridized carbons (Fsp3) is 0.353. The summed E-state index contributed by atoms with van der Waals surface area (Å²) < 4.78 is 27.8. The average molecular weight is 459 g/mol. The van der Waals surface area contributed by atoms with Crippen molar-refractivity contribution in [2.24, 2.45) is 5.92 Å². The maximum absolute atomic E-state index is 12.8. The van der Waals surface area contributed by atoms with Gasteiger partial charge < -0.3 is 5.32 Å². The normalized spacial score (nSPS) is 18.0. The number of carbonyl (C=O) groups excluding carboxylic acids is 1. The van der Waals surface area contributed by atoms with E-state index in [-0.39, 0.29) is 17.3 Å². The molecule has 1 aliphatic heterocycles. The Labute approximate surface area is 177 Å². The molecule has 0 radical (unpaired) electrons. The lowest BCUT2D eigenvalue weighted by Gasteiger charge is -2.31. The van der Waals surface area contributed by atoms with Crippen molar-refractivity contribution < 1.29 is 13.2 Å². The fourth-order valence-corrected chi connectivity index (χ4v) is 5.95. The van der Waals surface area contributed by atoms with Gasteiger partial charge in [-0.1, -0.05) is 40.8 Å². The third kappa shape index (κ3) is 5.12. The van der Waals surface area contributed by atoms with E-state index in [4.69, 9.17) is 11.6 Å². The number of rotatable bonds is 7. The Morgan fingerprint density at radius 1 is 1.39 bits per heavy atom. The molecule has 0 bridgehead atoms. The molecule has 1 aromatic carbocycles. The zero-order chi connectivity index (χ0) is 20.1. The Hall–Kier alpha value is -1.46. The van der Waals surface area contributed by atoms with Crippen LogP contribution < -0.4 is 5.32 Å². The van der Waals surface area contributed by atoms with Crippen LogP contribution in [0.2, 0.25) is 5.02 Å². The highest BCUT2D eigenvalue weighted by molar-refractivity contribution is 8.01. The summed E-state index contributed by atoms with van der Waals surface area (Å²) in [4.78, 5) is 12.8. The van der Waals surface area contributed by atoms with E-state index in [1.807, 2.05) is 0 Å². The van der Waals surface area contributed by atoms with Crippen molar-refractivity contribution in [1.82, 2.24) is 14.5 Å². The molecule has 0 spiro atoms. The number of nitrogens with zero attached hydrogens (tertiary/aromatic N) is 3. The number of halogens is 1. The highest BCUT2D eigenvalue weighted by Gasteiger charge is 2.33. The first-order valence-corrected chi connectivity index (χ1v) is 12.2. The van der Waals surface area contributed by atoms with Crippen molar-refractivity contribution in [2.45, 2.75) is 22.1 Å². The van der Waals surface area contributed by atoms with Gasteiger partial charge in [0.05, 0.1) is 10.8 Å². The third-order valence-corrected chi connectivity index (χ3v) is 8.27. The smallest absolute Gasteiger partial charge is 0.243 e. The van der Waals surface area contributed by atoms with Crippen molar-refractivity contribution >= 4 is 55.8 Å². The van der Waals surface area contributed by atoms with Crippen LogP contribution in [0.5, 0.6) is 0 Å². The van der Waals surface area contributed by atoms with E-state index in [1.54, 1.807) is 18.2 Å². The summed E-state index contributed by atoms with van der Waals surface area (Å²) in [6.45, 7) is 4.17. The van der Waals surface area contributed by atoms with Crippen molar-refractivity contribution in [2.75, 3.05) is 24.2 Å². The Morgan fingerprint density at radius 3 is 2.86 bits per heavy atom. The van der Waals surface area contributed by atoms with E-state index in [1.165, 1.54) is 39.5 Å². The number of aromatic nitrogens is 2. The van der Waals surface area contributed by atoms with Crippen molar-refractivity contribution in [3.05, 3.63) is 41.9 Å². The molecule has 2 heterocycles. The van der Waals surface area contributed by atoms with Gasteiger partial charge in [-0.2, -0.15) is 4.31 Å². The molecule has 0 aliphatic carbocycles. The molecular weight excluding hydrogens is 440 g/mol. The number of nitrogens with one attached hydrogen (secondary N) is 1. The lowest BCUT2D eigenvalue weighted by Crippen LogP contribution is -2.43. The third-order valence-electron chi connectivity index (χ3n) is 4.17. The number of hydrogen-bond donors (Lipinski definition) is 1. The molecule has 1 fully saturated rings. The van der Waals surface area contributed by atoms with E-state index in [0.717, 1.165) is 4.34 Å². The molecule has 1 atom stereocenters. The zero-order valence-electron chi connectivity index (χ0n) is 14.9. The van der Waals surface area contributed by atoms with Crippen molar-refractivity contribution in [3.63, 3.8) is 0 Å². The summed E-state index contributed by atoms with van der Waals surface area (Å²) in [5.74, 6) is 0.0272. The minimum absolute atomic E-state index is 0.133. The summed E-state index contributed by atoms with van der Waals surface area (Å²) in [6.07, 6.45) is 3.00. The number of piperidine rings is 1. The van der Waals surface area contributed by atoms with Gasteiger partial charge in [-0.3, -0.25) is 4.79 Å². The number of anilines is 1. The van der Waals surface area contributed by atoms with Crippen molar-refractivity contribution in [1.29, 1.82) is 0 Å². The maximum Gasteiger partial charge on any atom is 0.243 e. The Bertz CT molecular complexity index is 947. The van der Waals surface area contributed by atoms with Gasteiger partial charge in [0.2, 0.25) is 21.1 Å². The molecule has 3 rings (SSSR count). The SMILES string of the molecule is C=CCSc1nnc(NC(=O)C2CCCN(S(=O)(=O)c3ccc(Cl)cc3)C2)s1. The van der Waals surface area contributed by atoms with Gasteiger partial charge in [0.15, 0.2) is 4.34 Å². The summed E-state index contributed by atoms with van der Waals surface area (Å²) >= 11 is 8.61. The minimum Gasteiger partial charge on any atom is -0.300 e. The molecule has 0 saturated carbocycles. The highest BCUT2D eigenvalue weighted by atomic mass is 35.5. The molecule has 28 heavy (non-hydrogen) atoms. The topological polar surface area (TPSA) is 92.3 Å². The van der Waals surface area contributed by atoms with Crippen LogP contribution in [0.15, 0.2) is 46.2 Å². The fourth-order valence-electron chi connectivity index (χ4n) is 2.79. The lowest BCUT2D eigenvalue weighted by atomic mass is 9.99. The predicted octanol–water partition coefficient (Wildman–Crippen LogP) is 3.51. The molecule has 7 nitrogen and oxygen atoms in total. The molecule has 150 valence electrons. The first-order chi connectivity index (χ1) is 13.4. The summed E-state index contributed by atoms with van der Waals surface area (Å²) in [6, 6.07) is 6.04. The standard InChI is InChI=1S/C17H19ClN4O3S3/c1-2-10-26-17-21-20-16(27-17)19-15(23)12-4-3-9-22(11-12)28(24,25)14-7-5-13(18)6-8-14/h2,5-8,12H,1,3-4,9-11H2,(H,19,20,23). The van der Waals surface area contributed by atoms with Crippen LogP contribution in [0.25, 0.3) is 0 Å². The molecular formula is C17H19ClN4O3S3. The Kier molecular flexibility index (Phi) is 7.10. The Morgan fingerprint density at radius 2 is 2.14 bits per heavy atom. The monoisotopic (exact) mass is 458 g/mol. The zero-order valence-corrected chi connectivity index (χ0v) is 18.1. The molecule has 1 aliphatic rings. The number of thioether (sulfide) groups is 1. The van der Waals surface area contributed by atoms with Crippen LogP contribution in [0, 0.1) is 5.92 Å². The number of sulfonamides is 1. The van der Waals surface area contributed by atoms with Gasteiger partial charge in [0, 0.05) is 23.9 Å². The van der Waals surface area contributed by atoms with Gasteiger partial charge >= 0.3 is 0 Å². The second kappa shape index (κ2) is 9.36. The van der Waals surface area contributed by atoms with Crippen LogP contribution >= 0.6 is 34.7 Å². The number of hydrogen-bond acceptors (Lipinski definition) is 7. The number of carbonyl (C=O) groups is 1. The molecule has 11 heteroatoms. The molecule has 1 aromatic heterocycles. The Balaban J connectivity index is 1.65. The van der Waals surface area contributed by atoms with E-state index in [9.17, 15) is 13.2 Å². The van der Waals surface area contributed by atoms with Gasteiger partial charge in [0.1, 0.15) is 0 Å². The molecule has 1 unspecified atom stereocenters. The minimum atomic E-state index is -3.67. The summed E-state index contributed by atoms with van der Waals surface area (Å²) in [5.41, 5.74) is 0.